The standard InChI is InChI=1S/C29H43N5O14/c1-5-17-25(48-26-22(46-14-31-2)29(42,43)21(37)19(12-36)47-26)45-13-18(24(40)44-4)28(17,41)7-6-15-10-34(8-9-35)11-16(23(38)39)20(15)33-27(30)32-3/h5-7,11,13,17,19,21-22,25-26,31,35-37,41-43H,1,8-10,12,14H2,2-4H3,(H,38,39)(H3,30,32,33)/p+1/b7-6+/t17-,19+,21+,22-,25-,26-,28+/m0/s1. The smallest absolute Gasteiger partial charge is 0.343 e. The van der Waals surface area contributed by atoms with Crippen LogP contribution in [-0.2, 0) is 33.3 Å². The number of hydrogen-bond acceptors (Lipinski definition) is 15. The van der Waals surface area contributed by atoms with E-state index < -0.39 is 72.3 Å². The van der Waals surface area contributed by atoms with Crippen LogP contribution in [0.3, 0.4) is 0 Å². The van der Waals surface area contributed by atoms with Crippen LogP contribution >= 0.6 is 0 Å². The summed E-state index contributed by atoms with van der Waals surface area (Å²) < 4.78 is 27.5. The SMILES string of the molecule is C=C[C@H]1[C@H](O[C@@H]2O[C@H](CO)[C@@H](O)C(O)(O)[C@H]2OCNC)OC=C(C(=O)OC)[C@@]1(O)/C=C/C1=C(NC(N)=NC)C(C(=O)O)=C[NH+](CCO)C1. The second-order valence-electron chi connectivity index (χ2n) is 10.9. The van der Waals surface area contributed by atoms with E-state index in [1.54, 1.807) is 0 Å². The number of rotatable bonds is 14. The van der Waals surface area contributed by atoms with Gasteiger partial charge in [-0.1, -0.05) is 12.2 Å². The topological polar surface area (TPSA) is 289 Å². The van der Waals surface area contributed by atoms with E-state index in [-0.39, 0.29) is 49.2 Å². The molecule has 0 aromatic rings. The number of carboxylic acid groups (broad SMARTS) is 1. The summed E-state index contributed by atoms with van der Waals surface area (Å²) in [6.07, 6.45) is -2.75. The van der Waals surface area contributed by atoms with Gasteiger partial charge in [0.2, 0.25) is 12.1 Å². The van der Waals surface area contributed by atoms with Crippen molar-refractivity contribution in [2.45, 2.75) is 42.3 Å². The Morgan fingerprint density at radius 1 is 1.27 bits per heavy atom. The van der Waals surface area contributed by atoms with Crippen LogP contribution in [0.2, 0.25) is 0 Å². The Balaban J connectivity index is 2.12. The molecule has 268 valence electrons. The summed E-state index contributed by atoms with van der Waals surface area (Å²) in [4.78, 5) is 29.5. The first-order valence-corrected chi connectivity index (χ1v) is 14.7. The number of esters is 1. The van der Waals surface area contributed by atoms with E-state index >= 15 is 0 Å². The second kappa shape index (κ2) is 16.6. The van der Waals surface area contributed by atoms with Gasteiger partial charge < -0.3 is 75.4 Å². The number of aliphatic imine (C=N–C) groups is 1. The van der Waals surface area contributed by atoms with Crippen molar-refractivity contribution in [2.75, 3.05) is 54.2 Å². The van der Waals surface area contributed by atoms with Crippen LogP contribution in [0.15, 0.2) is 64.7 Å². The first kappa shape index (κ1) is 38.7. The van der Waals surface area contributed by atoms with Crippen molar-refractivity contribution in [3.05, 3.63) is 59.7 Å². The highest BCUT2D eigenvalue weighted by Crippen LogP contribution is 2.40. The molecule has 3 aliphatic heterocycles. The van der Waals surface area contributed by atoms with Crippen LogP contribution in [0.25, 0.3) is 0 Å². The normalized spacial score (nSPS) is 32.3. The van der Waals surface area contributed by atoms with Gasteiger partial charge in [-0.15, -0.1) is 6.58 Å². The number of hydrogen-bond donors (Lipinski definition) is 11. The lowest BCUT2D eigenvalue weighted by Gasteiger charge is -2.48. The van der Waals surface area contributed by atoms with Crippen molar-refractivity contribution in [1.29, 1.82) is 0 Å². The number of nitrogens with zero attached hydrogens (tertiary/aromatic N) is 1. The minimum absolute atomic E-state index is 0.0294. The maximum absolute atomic E-state index is 12.9. The van der Waals surface area contributed by atoms with Crippen molar-refractivity contribution in [2.24, 2.45) is 16.6 Å². The molecular weight excluding hydrogens is 642 g/mol. The molecule has 48 heavy (non-hydrogen) atoms. The third-order valence-corrected chi connectivity index (χ3v) is 7.88. The molecule has 0 aliphatic carbocycles. The van der Waals surface area contributed by atoms with Gasteiger partial charge in [-0.2, -0.15) is 0 Å². The number of guanidine groups is 1. The largest absolute Gasteiger partial charge is 0.477 e. The highest BCUT2D eigenvalue weighted by Gasteiger charge is 2.58. The van der Waals surface area contributed by atoms with E-state index in [4.69, 9.17) is 29.4 Å². The molecule has 0 amide bonds. The van der Waals surface area contributed by atoms with Crippen LogP contribution in [0, 0.1) is 5.92 Å². The minimum Gasteiger partial charge on any atom is -0.477 e. The number of nitrogens with two attached hydrogens (primary N) is 1. The fourth-order valence-corrected chi connectivity index (χ4v) is 5.35. The van der Waals surface area contributed by atoms with Gasteiger partial charge in [0, 0.05) is 12.6 Å². The summed E-state index contributed by atoms with van der Waals surface area (Å²) in [5, 5.41) is 78.7. The van der Waals surface area contributed by atoms with E-state index in [2.05, 4.69) is 22.2 Å². The Hall–Kier alpha value is -3.73. The zero-order valence-corrected chi connectivity index (χ0v) is 26.6. The summed E-state index contributed by atoms with van der Waals surface area (Å²) in [7, 11) is 3.95. The summed E-state index contributed by atoms with van der Waals surface area (Å²) in [6.45, 7) is 2.59. The van der Waals surface area contributed by atoms with Crippen LogP contribution < -0.4 is 21.3 Å². The Labute approximate surface area is 275 Å². The van der Waals surface area contributed by atoms with Gasteiger partial charge in [0.15, 0.2) is 18.4 Å². The molecule has 19 nitrogen and oxygen atoms in total. The Bertz CT molecular complexity index is 1350. The molecule has 1 unspecified atom stereocenters. The maximum atomic E-state index is 12.9. The average Bonchev–Trinajstić information content (AvgIpc) is 3.05. The summed E-state index contributed by atoms with van der Waals surface area (Å²) in [5.74, 6) is -6.83. The van der Waals surface area contributed by atoms with Gasteiger partial charge in [-0.05, 0) is 13.1 Å². The van der Waals surface area contributed by atoms with Gasteiger partial charge in [0.1, 0.15) is 54.5 Å². The predicted octanol–water partition coefficient (Wildman–Crippen LogP) is -5.53. The van der Waals surface area contributed by atoms with E-state index in [1.807, 2.05) is 0 Å². The third-order valence-electron chi connectivity index (χ3n) is 7.88. The van der Waals surface area contributed by atoms with Gasteiger partial charge in [0.25, 0.3) is 0 Å². The van der Waals surface area contributed by atoms with Crippen LogP contribution in [0.4, 0.5) is 0 Å². The molecule has 3 rings (SSSR count). The molecule has 19 heteroatoms. The van der Waals surface area contributed by atoms with Gasteiger partial charge in [0.05, 0.1) is 38.7 Å². The minimum atomic E-state index is -2.99. The first-order valence-electron chi connectivity index (χ1n) is 14.7. The number of nitrogens with one attached hydrogen (secondary N) is 3. The van der Waals surface area contributed by atoms with E-state index in [0.717, 1.165) is 19.4 Å². The molecule has 0 bridgehead atoms. The van der Waals surface area contributed by atoms with Gasteiger partial charge in [-0.25, -0.2) is 9.59 Å². The number of methoxy groups -OCH3 is 1. The summed E-state index contributed by atoms with van der Waals surface area (Å²) in [6, 6.07) is 0. The molecule has 0 radical (unpaired) electrons. The number of aliphatic hydroxyl groups excluding tert-OH is 3. The summed E-state index contributed by atoms with van der Waals surface area (Å²) >= 11 is 0. The zero-order valence-electron chi connectivity index (χ0n) is 26.6. The number of quaternary nitrogens is 1. The van der Waals surface area contributed by atoms with E-state index in [1.165, 1.54) is 32.4 Å². The molecule has 3 aliphatic rings. The molecule has 0 spiro atoms. The molecule has 1 fully saturated rings. The average molecular weight is 687 g/mol. The lowest BCUT2D eigenvalue weighted by atomic mass is 9.78. The molecule has 12 N–H and O–H groups in total. The van der Waals surface area contributed by atoms with Crippen LogP contribution in [-0.4, -0.2) is 150 Å². The quantitative estimate of drug-likeness (QED) is 0.0267. The lowest BCUT2D eigenvalue weighted by molar-refractivity contribution is -0.843. The molecule has 8 atom stereocenters. The molecular formula is C29H44N5O14+. The number of carbonyl (C=O) groups is 2. The number of aliphatic carboxylic acids is 1. The third kappa shape index (κ3) is 8.10. The van der Waals surface area contributed by atoms with Crippen molar-refractivity contribution >= 4 is 17.9 Å². The molecule has 0 saturated carbocycles. The van der Waals surface area contributed by atoms with Gasteiger partial charge >= 0.3 is 11.9 Å². The highest BCUT2D eigenvalue weighted by atomic mass is 16.8. The number of carboxylic acids is 1. The fourth-order valence-electron chi connectivity index (χ4n) is 5.35. The Kier molecular flexibility index (Phi) is 13.4. The highest BCUT2D eigenvalue weighted by molar-refractivity contribution is 5.94. The number of ether oxygens (including phenoxy) is 5. The Morgan fingerprint density at radius 3 is 2.54 bits per heavy atom. The van der Waals surface area contributed by atoms with Gasteiger partial charge in [-0.3, -0.25) is 10.3 Å². The second-order valence-corrected chi connectivity index (χ2v) is 10.9. The number of carbonyl (C=O) groups excluding carboxylic acids is 1. The van der Waals surface area contributed by atoms with Crippen molar-refractivity contribution < 1.29 is 73.9 Å². The fraction of sp³-hybridized carbons (Fsp3) is 0.552. The lowest BCUT2D eigenvalue weighted by Crippen LogP contribution is -3.09. The number of aliphatic hydroxyl groups is 6. The zero-order chi connectivity index (χ0) is 35.8. The summed E-state index contributed by atoms with van der Waals surface area (Å²) in [5.41, 5.74) is 3.19. The van der Waals surface area contributed by atoms with E-state index in [9.17, 15) is 45.3 Å². The van der Waals surface area contributed by atoms with Crippen molar-refractivity contribution in [1.82, 2.24) is 10.6 Å². The van der Waals surface area contributed by atoms with Crippen LogP contribution in [0.1, 0.15) is 0 Å². The molecule has 0 aromatic carbocycles. The Morgan fingerprint density at radius 2 is 1.98 bits per heavy atom. The maximum Gasteiger partial charge on any atom is 0.343 e. The molecule has 0 aromatic heterocycles. The predicted molar refractivity (Wildman–Crippen MR) is 163 cm³/mol. The molecule has 1 saturated heterocycles. The molecule has 3 heterocycles. The monoisotopic (exact) mass is 686 g/mol. The van der Waals surface area contributed by atoms with Crippen LogP contribution in [0.5, 0.6) is 0 Å². The van der Waals surface area contributed by atoms with Crippen molar-refractivity contribution in [3.63, 3.8) is 0 Å². The van der Waals surface area contributed by atoms with E-state index in [0.29, 0.717) is 4.90 Å². The van der Waals surface area contributed by atoms with Crippen molar-refractivity contribution in [3.8, 4) is 0 Å². The first-order chi connectivity index (χ1) is 22.7.